The zero-order valence-electron chi connectivity index (χ0n) is 14.1. The van der Waals surface area contributed by atoms with Gasteiger partial charge in [-0.2, -0.15) is 0 Å². The molecule has 0 aliphatic rings. The Labute approximate surface area is 154 Å². The van der Waals surface area contributed by atoms with Gasteiger partial charge in [0.15, 0.2) is 5.16 Å². The predicted octanol–water partition coefficient (Wildman–Crippen LogP) is 3.18. The van der Waals surface area contributed by atoms with Crippen LogP contribution >= 0.6 is 11.8 Å². The molecule has 6 nitrogen and oxygen atoms in total. The standard InChI is InChI=1S/C19H16N4O2S/c1-25-16-6-4-5-15(12-16)22-10-8-20-19(22)26-13-14-11-18(24)23-9-3-2-7-17(23)21-14/h2-12H,13H2,1H3. The van der Waals surface area contributed by atoms with E-state index in [1.54, 1.807) is 25.6 Å². The van der Waals surface area contributed by atoms with Gasteiger partial charge >= 0.3 is 0 Å². The molecule has 130 valence electrons. The number of ether oxygens (including phenoxy) is 1. The molecule has 7 heteroatoms. The molecule has 3 heterocycles. The molecular formula is C19H16N4O2S. The summed E-state index contributed by atoms with van der Waals surface area (Å²) in [4.78, 5) is 21.2. The van der Waals surface area contributed by atoms with Crippen LogP contribution in [0, 0.1) is 0 Å². The van der Waals surface area contributed by atoms with E-state index in [9.17, 15) is 4.79 Å². The van der Waals surface area contributed by atoms with Crippen LogP contribution in [0.15, 0.2) is 77.1 Å². The Hall–Kier alpha value is -3.06. The van der Waals surface area contributed by atoms with Gasteiger partial charge in [-0.15, -0.1) is 0 Å². The summed E-state index contributed by atoms with van der Waals surface area (Å²) in [6.07, 6.45) is 5.38. The van der Waals surface area contributed by atoms with Crippen LogP contribution in [0.3, 0.4) is 0 Å². The number of pyridine rings is 1. The lowest BCUT2D eigenvalue weighted by atomic mass is 10.3. The fourth-order valence-electron chi connectivity index (χ4n) is 2.67. The van der Waals surface area contributed by atoms with E-state index in [4.69, 9.17) is 4.74 Å². The third kappa shape index (κ3) is 3.21. The van der Waals surface area contributed by atoms with Gasteiger partial charge in [-0.25, -0.2) is 9.97 Å². The molecule has 0 atom stereocenters. The molecule has 4 rings (SSSR count). The average molecular weight is 364 g/mol. The van der Waals surface area contributed by atoms with Crippen LogP contribution in [0.25, 0.3) is 11.3 Å². The first-order chi connectivity index (χ1) is 12.7. The first kappa shape index (κ1) is 16.4. The van der Waals surface area contributed by atoms with Gasteiger partial charge in [0.05, 0.1) is 18.5 Å². The monoisotopic (exact) mass is 364 g/mol. The number of hydrogen-bond donors (Lipinski definition) is 0. The van der Waals surface area contributed by atoms with Crippen molar-refractivity contribution in [3.05, 3.63) is 83.2 Å². The van der Waals surface area contributed by atoms with Crippen molar-refractivity contribution < 1.29 is 4.74 Å². The zero-order valence-corrected chi connectivity index (χ0v) is 14.9. The number of rotatable bonds is 5. The highest BCUT2D eigenvalue weighted by molar-refractivity contribution is 7.98. The Morgan fingerprint density at radius 3 is 2.92 bits per heavy atom. The second-order valence-corrected chi connectivity index (χ2v) is 6.53. The molecule has 0 radical (unpaired) electrons. The molecule has 0 aliphatic heterocycles. The van der Waals surface area contributed by atoms with Crippen LogP contribution in [0.5, 0.6) is 5.75 Å². The fourth-order valence-corrected chi connectivity index (χ4v) is 3.53. The molecule has 3 aromatic heterocycles. The molecule has 0 amide bonds. The highest BCUT2D eigenvalue weighted by Gasteiger charge is 2.09. The number of imidazole rings is 1. The molecular weight excluding hydrogens is 348 g/mol. The molecule has 4 aromatic rings. The minimum Gasteiger partial charge on any atom is -0.497 e. The van der Waals surface area contributed by atoms with Crippen LogP contribution in [0.4, 0.5) is 0 Å². The largest absolute Gasteiger partial charge is 0.497 e. The summed E-state index contributed by atoms with van der Waals surface area (Å²) in [7, 11) is 1.65. The third-order valence-corrected chi connectivity index (χ3v) is 4.91. The number of methoxy groups -OCH3 is 1. The van der Waals surface area contributed by atoms with Crippen molar-refractivity contribution in [1.29, 1.82) is 0 Å². The Bertz CT molecular complexity index is 1120. The molecule has 0 saturated heterocycles. The number of hydrogen-bond acceptors (Lipinski definition) is 5. The van der Waals surface area contributed by atoms with E-state index in [1.165, 1.54) is 16.2 Å². The minimum absolute atomic E-state index is 0.0812. The SMILES string of the molecule is COc1cccc(-n2ccnc2SCc2cc(=O)n3ccccc3n2)c1. The molecule has 26 heavy (non-hydrogen) atoms. The van der Waals surface area contributed by atoms with Gasteiger partial charge in [0.2, 0.25) is 0 Å². The van der Waals surface area contributed by atoms with Crippen LogP contribution < -0.4 is 10.3 Å². The third-order valence-electron chi connectivity index (χ3n) is 3.91. The summed E-state index contributed by atoms with van der Waals surface area (Å²) in [5.41, 5.74) is 2.26. The maximum atomic E-state index is 12.2. The van der Waals surface area contributed by atoms with Crippen molar-refractivity contribution in [3.8, 4) is 11.4 Å². The van der Waals surface area contributed by atoms with Gasteiger partial charge in [0.1, 0.15) is 11.4 Å². The lowest BCUT2D eigenvalue weighted by Gasteiger charge is -2.09. The Morgan fingerprint density at radius 1 is 1.12 bits per heavy atom. The van der Waals surface area contributed by atoms with E-state index in [-0.39, 0.29) is 5.56 Å². The van der Waals surface area contributed by atoms with Crippen LogP contribution in [-0.4, -0.2) is 26.0 Å². The first-order valence-electron chi connectivity index (χ1n) is 8.02. The highest BCUT2D eigenvalue weighted by Crippen LogP contribution is 2.25. The van der Waals surface area contributed by atoms with Gasteiger partial charge in [-0.05, 0) is 24.3 Å². The zero-order chi connectivity index (χ0) is 17.9. The second kappa shape index (κ2) is 7.05. The van der Waals surface area contributed by atoms with Crippen LogP contribution in [0.1, 0.15) is 5.69 Å². The van der Waals surface area contributed by atoms with Gasteiger partial charge in [-0.3, -0.25) is 13.8 Å². The normalized spacial score (nSPS) is 11.0. The summed E-state index contributed by atoms with van der Waals surface area (Å²) in [5, 5.41) is 0.827. The Kier molecular flexibility index (Phi) is 4.45. The molecule has 0 fully saturated rings. The fraction of sp³-hybridized carbons (Fsp3) is 0.105. The summed E-state index contributed by atoms with van der Waals surface area (Å²) >= 11 is 1.53. The van der Waals surface area contributed by atoms with E-state index < -0.39 is 0 Å². The average Bonchev–Trinajstić information content (AvgIpc) is 3.15. The molecule has 0 spiro atoms. The topological polar surface area (TPSA) is 61.4 Å². The Morgan fingerprint density at radius 2 is 2.04 bits per heavy atom. The summed E-state index contributed by atoms with van der Waals surface area (Å²) in [6.45, 7) is 0. The number of thioether (sulfide) groups is 1. The van der Waals surface area contributed by atoms with Crippen LogP contribution in [0.2, 0.25) is 0 Å². The van der Waals surface area contributed by atoms with Crippen molar-refractivity contribution in [3.63, 3.8) is 0 Å². The van der Waals surface area contributed by atoms with Crippen molar-refractivity contribution in [2.24, 2.45) is 0 Å². The molecule has 0 bridgehead atoms. The maximum absolute atomic E-state index is 12.2. The molecule has 0 N–H and O–H groups in total. The highest BCUT2D eigenvalue weighted by atomic mass is 32.2. The van der Waals surface area contributed by atoms with E-state index in [0.29, 0.717) is 11.4 Å². The first-order valence-corrected chi connectivity index (χ1v) is 9.01. The van der Waals surface area contributed by atoms with E-state index >= 15 is 0 Å². The molecule has 0 saturated carbocycles. The van der Waals surface area contributed by atoms with Crippen molar-refractivity contribution in [2.75, 3.05) is 7.11 Å². The number of fused-ring (bicyclic) bond motifs is 1. The predicted molar refractivity (Wildman–Crippen MR) is 101 cm³/mol. The van der Waals surface area contributed by atoms with Gasteiger partial charge in [0, 0.05) is 36.5 Å². The molecule has 0 unspecified atom stereocenters. The molecule has 1 aromatic carbocycles. The van der Waals surface area contributed by atoms with E-state index in [0.717, 1.165) is 22.3 Å². The maximum Gasteiger partial charge on any atom is 0.258 e. The lowest BCUT2D eigenvalue weighted by Crippen LogP contribution is -2.14. The lowest BCUT2D eigenvalue weighted by molar-refractivity contribution is 0.414. The number of aromatic nitrogens is 4. The Balaban J connectivity index is 1.60. The summed E-state index contributed by atoms with van der Waals surface area (Å²) in [5.74, 6) is 1.35. The van der Waals surface area contributed by atoms with E-state index in [1.807, 2.05) is 53.2 Å². The van der Waals surface area contributed by atoms with Crippen molar-refractivity contribution in [2.45, 2.75) is 10.9 Å². The smallest absolute Gasteiger partial charge is 0.258 e. The van der Waals surface area contributed by atoms with Gasteiger partial charge < -0.3 is 4.74 Å². The number of nitrogens with zero attached hydrogens (tertiary/aromatic N) is 4. The quantitative estimate of drug-likeness (QED) is 0.509. The van der Waals surface area contributed by atoms with Gasteiger partial charge in [-0.1, -0.05) is 23.9 Å². The minimum atomic E-state index is -0.0812. The van der Waals surface area contributed by atoms with Crippen molar-refractivity contribution >= 4 is 17.4 Å². The number of benzene rings is 1. The van der Waals surface area contributed by atoms with Gasteiger partial charge in [0.25, 0.3) is 5.56 Å². The van der Waals surface area contributed by atoms with Crippen molar-refractivity contribution in [1.82, 2.24) is 18.9 Å². The second-order valence-electron chi connectivity index (χ2n) is 5.58. The van der Waals surface area contributed by atoms with E-state index in [2.05, 4.69) is 9.97 Å². The summed E-state index contributed by atoms with van der Waals surface area (Å²) < 4.78 is 8.81. The van der Waals surface area contributed by atoms with Crippen LogP contribution in [-0.2, 0) is 5.75 Å². The summed E-state index contributed by atoms with van der Waals surface area (Å²) in [6, 6.07) is 14.9. The molecule has 0 aliphatic carbocycles.